The van der Waals surface area contributed by atoms with Gasteiger partial charge in [0, 0.05) is 17.7 Å². The Kier molecular flexibility index (Phi) is 3.90. The third kappa shape index (κ3) is 3.09. The Hall–Kier alpha value is -1.30. The number of carbonyl (C=O) groups is 2. The lowest BCUT2D eigenvalue weighted by Crippen LogP contribution is -2.43. The Morgan fingerprint density at radius 3 is 2.67 bits per heavy atom. The van der Waals surface area contributed by atoms with Crippen molar-refractivity contribution in [3.05, 3.63) is 22.4 Å². The molecule has 1 rings (SSSR count). The van der Waals surface area contributed by atoms with E-state index in [0.29, 0.717) is 5.69 Å². The van der Waals surface area contributed by atoms with Gasteiger partial charge in [-0.2, -0.15) is 0 Å². The number of aromatic nitrogens is 1. The number of H-pyrrole nitrogens is 1. The van der Waals surface area contributed by atoms with Crippen molar-refractivity contribution in [3.8, 4) is 0 Å². The summed E-state index contributed by atoms with van der Waals surface area (Å²) >= 11 is 3.22. The van der Waals surface area contributed by atoms with E-state index >= 15 is 0 Å². The topological polar surface area (TPSA) is 74.0 Å². The van der Waals surface area contributed by atoms with Crippen LogP contribution in [-0.2, 0) is 4.79 Å². The Balaban J connectivity index is 2.60. The van der Waals surface area contributed by atoms with Gasteiger partial charge in [0.25, 0.3) is 5.91 Å². The molecule has 6 heteroatoms. The Labute approximate surface area is 95.8 Å². The average Bonchev–Trinajstić information content (AvgIpc) is 2.63. The summed E-state index contributed by atoms with van der Waals surface area (Å²) < 4.78 is 0.792. The molecule has 82 valence electrons. The van der Waals surface area contributed by atoms with Crippen LogP contribution in [0.2, 0.25) is 0 Å². The van der Waals surface area contributed by atoms with Crippen LogP contribution in [0.3, 0.4) is 0 Å². The number of hydrogen-bond acceptors (Lipinski definition) is 2. The van der Waals surface area contributed by atoms with Crippen molar-refractivity contribution in [2.24, 2.45) is 0 Å². The van der Waals surface area contributed by atoms with Crippen LogP contribution in [0.25, 0.3) is 0 Å². The molecule has 0 saturated carbocycles. The van der Waals surface area contributed by atoms with Crippen LogP contribution in [0.15, 0.2) is 16.7 Å². The molecule has 3 N–H and O–H groups in total. The molecule has 5 nitrogen and oxygen atoms in total. The van der Waals surface area contributed by atoms with E-state index in [2.05, 4.69) is 31.5 Å². The molecule has 0 radical (unpaired) electrons. The third-order valence-electron chi connectivity index (χ3n) is 1.88. The van der Waals surface area contributed by atoms with Gasteiger partial charge in [0.1, 0.15) is 11.7 Å². The van der Waals surface area contributed by atoms with Crippen LogP contribution in [-0.4, -0.2) is 29.9 Å². The fourth-order valence-corrected chi connectivity index (χ4v) is 1.40. The highest BCUT2D eigenvalue weighted by atomic mass is 79.9. The van der Waals surface area contributed by atoms with E-state index in [1.165, 1.54) is 7.05 Å². The summed E-state index contributed by atoms with van der Waals surface area (Å²) in [6.45, 7) is 1.62. The molecule has 0 saturated heterocycles. The summed E-state index contributed by atoms with van der Waals surface area (Å²) in [6.07, 6.45) is 1.65. The maximum absolute atomic E-state index is 11.5. The van der Waals surface area contributed by atoms with Crippen molar-refractivity contribution in [2.75, 3.05) is 7.05 Å². The minimum atomic E-state index is -0.551. The number of nitrogens with one attached hydrogen (secondary N) is 3. The average molecular weight is 274 g/mol. The third-order valence-corrected chi connectivity index (χ3v) is 2.34. The highest BCUT2D eigenvalue weighted by Crippen LogP contribution is 2.10. The summed E-state index contributed by atoms with van der Waals surface area (Å²) in [5, 5.41) is 5.01. The standard InChI is InChI=1S/C9H12BrN3O2/c1-5(8(14)11-2)13-9(15)7-3-6(10)4-12-7/h3-5,12H,1-2H3,(H,11,14)(H,13,15). The fourth-order valence-electron chi connectivity index (χ4n) is 1.06. The van der Waals surface area contributed by atoms with Crippen LogP contribution in [0.5, 0.6) is 0 Å². The van der Waals surface area contributed by atoms with Crippen molar-refractivity contribution in [1.82, 2.24) is 15.6 Å². The highest BCUT2D eigenvalue weighted by molar-refractivity contribution is 9.10. The van der Waals surface area contributed by atoms with Gasteiger partial charge >= 0.3 is 0 Å². The van der Waals surface area contributed by atoms with Gasteiger partial charge in [-0.3, -0.25) is 9.59 Å². The number of carbonyl (C=O) groups excluding carboxylic acids is 2. The van der Waals surface area contributed by atoms with Gasteiger partial charge in [0.2, 0.25) is 5.91 Å². The fraction of sp³-hybridized carbons (Fsp3) is 0.333. The normalized spacial score (nSPS) is 11.9. The molecule has 1 unspecified atom stereocenters. The molecule has 1 aromatic heterocycles. The van der Waals surface area contributed by atoms with Crippen molar-refractivity contribution in [1.29, 1.82) is 0 Å². The molecule has 0 aliphatic heterocycles. The smallest absolute Gasteiger partial charge is 0.268 e. The van der Waals surface area contributed by atoms with Gasteiger partial charge in [-0.1, -0.05) is 0 Å². The summed E-state index contributed by atoms with van der Waals surface area (Å²) in [5.41, 5.74) is 0.414. The molecule has 0 spiro atoms. The van der Waals surface area contributed by atoms with Crippen LogP contribution < -0.4 is 10.6 Å². The quantitative estimate of drug-likeness (QED) is 0.756. The highest BCUT2D eigenvalue weighted by Gasteiger charge is 2.15. The zero-order valence-electron chi connectivity index (χ0n) is 8.43. The number of rotatable bonds is 3. The minimum Gasteiger partial charge on any atom is -0.357 e. The SMILES string of the molecule is CNC(=O)C(C)NC(=O)c1cc(Br)c[nH]1. The zero-order valence-corrected chi connectivity index (χ0v) is 10.0. The molecule has 1 aromatic rings. The maximum Gasteiger partial charge on any atom is 0.268 e. The Morgan fingerprint density at radius 1 is 1.53 bits per heavy atom. The first kappa shape index (κ1) is 11.8. The Bertz CT molecular complexity index is 375. The number of amides is 2. The molecule has 1 heterocycles. The zero-order chi connectivity index (χ0) is 11.4. The second kappa shape index (κ2) is 4.97. The van der Waals surface area contributed by atoms with Crippen molar-refractivity contribution >= 4 is 27.7 Å². The van der Waals surface area contributed by atoms with Crippen molar-refractivity contribution < 1.29 is 9.59 Å². The van der Waals surface area contributed by atoms with Gasteiger partial charge in [-0.15, -0.1) is 0 Å². The molecule has 0 aromatic carbocycles. The molecular formula is C9H12BrN3O2. The first-order valence-corrected chi connectivity index (χ1v) is 5.20. The van der Waals surface area contributed by atoms with E-state index < -0.39 is 6.04 Å². The van der Waals surface area contributed by atoms with E-state index in [1.54, 1.807) is 19.2 Å². The summed E-state index contributed by atoms with van der Waals surface area (Å²) in [5.74, 6) is -0.536. The molecule has 0 aliphatic carbocycles. The van der Waals surface area contributed by atoms with E-state index in [4.69, 9.17) is 0 Å². The molecule has 1 atom stereocenters. The van der Waals surface area contributed by atoms with Gasteiger partial charge in [-0.05, 0) is 28.9 Å². The first-order chi connectivity index (χ1) is 7.04. The van der Waals surface area contributed by atoms with E-state index in [9.17, 15) is 9.59 Å². The summed E-state index contributed by atoms with van der Waals surface area (Å²) in [4.78, 5) is 25.5. The summed E-state index contributed by atoms with van der Waals surface area (Å²) in [7, 11) is 1.52. The largest absolute Gasteiger partial charge is 0.357 e. The molecule has 0 aliphatic rings. The number of halogens is 1. The summed E-state index contributed by atoms with van der Waals surface area (Å²) in [6, 6.07) is 1.09. The molecular weight excluding hydrogens is 262 g/mol. The van der Waals surface area contributed by atoms with E-state index in [1.807, 2.05) is 0 Å². The first-order valence-electron chi connectivity index (χ1n) is 4.41. The molecule has 2 amide bonds. The van der Waals surface area contributed by atoms with Gasteiger partial charge in [-0.25, -0.2) is 0 Å². The van der Waals surface area contributed by atoms with Crippen LogP contribution in [0, 0.1) is 0 Å². The maximum atomic E-state index is 11.5. The van der Waals surface area contributed by atoms with Crippen molar-refractivity contribution in [2.45, 2.75) is 13.0 Å². The predicted molar refractivity (Wildman–Crippen MR) is 59.5 cm³/mol. The van der Waals surface area contributed by atoms with Crippen LogP contribution >= 0.6 is 15.9 Å². The van der Waals surface area contributed by atoms with Crippen molar-refractivity contribution in [3.63, 3.8) is 0 Å². The van der Waals surface area contributed by atoms with E-state index in [-0.39, 0.29) is 11.8 Å². The number of hydrogen-bond donors (Lipinski definition) is 3. The molecule has 0 bridgehead atoms. The lowest BCUT2D eigenvalue weighted by Gasteiger charge is -2.11. The lowest BCUT2D eigenvalue weighted by molar-refractivity contribution is -0.122. The van der Waals surface area contributed by atoms with Gasteiger partial charge in [0.15, 0.2) is 0 Å². The predicted octanol–water partition coefficient (Wildman–Crippen LogP) is 0.641. The Morgan fingerprint density at radius 2 is 2.20 bits per heavy atom. The van der Waals surface area contributed by atoms with Gasteiger partial charge < -0.3 is 15.6 Å². The monoisotopic (exact) mass is 273 g/mol. The lowest BCUT2D eigenvalue weighted by atomic mass is 10.3. The number of likely N-dealkylation sites (N-methyl/N-ethyl adjacent to an activating group) is 1. The molecule has 0 fully saturated rings. The van der Waals surface area contributed by atoms with Gasteiger partial charge in [0.05, 0.1) is 0 Å². The second-order valence-corrected chi connectivity index (χ2v) is 3.96. The molecule has 15 heavy (non-hydrogen) atoms. The van der Waals surface area contributed by atoms with E-state index in [0.717, 1.165) is 4.47 Å². The second-order valence-electron chi connectivity index (χ2n) is 3.04. The van der Waals surface area contributed by atoms with Crippen LogP contribution in [0.4, 0.5) is 0 Å². The minimum absolute atomic E-state index is 0.228. The van der Waals surface area contributed by atoms with Crippen LogP contribution in [0.1, 0.15) is 17.4 Å². The number of aromatic amines is 1.